The maximum absolute atomic E-state index is 3.56. The Kier molecular flexibility index (Phi) is 5.19. The summed E-state index contributed by atoms with van der Waals surface area (Å²) >= 11 is 3.56. The first-order valence-electron chi connectivity index (χ1n) is 7.39. The van der Waals surface area contributed by atoms with Gasteiger partial charge in [-0.1, -0.05) is 42.1 Å². The molecule has 0 heterocycles. The highest BCUT2D eigenvalue weighted by molar-refractivity contribution is 9.09. The molecule has 0 aromatic heterocycles. The summed E-state index contributed by atoms with van der Waals surface area (Å²) < 4.78 is 0. The molecule has 0 N–H and O–H groups in total. The number of halogens is 1. The Morgan fingerprint density at radius 2 is 1.56 bits per heavy atom. The van der Waals surface area contributed by atoms with Crippen molar-refractivity contribution < 1.29 is 0 Å². The van der Waals surface area contributed by atoms with E-state index in [0.717, 1.165) is 23.7 Å². The van der Waals surface area contributed by atoms with Crippen molar-refractivity contribution in [2.75, 3.05) is 5.33 Å². The summed E-state index contributed by atoms with van der Waals surface area (Å²) in [7, 11) is 0. The summed E-state index contributed by atoms with van der Waals surface area (Å²) in [5, 5.41) is 1.20. The lowest BCUT2D eigenvalue weighted by molar-refractivity contribution is 0.320. The van der Waals surface area contributed by atoms with E-state index in [0.29, 0.717) is 0 Å². The van der Waals surface area contributed by atoms with Gasteiger partial charge in [0.2, 0.25) is 0 Å². The van der Waals surface area contributed by atoms with Crippen LogP contribution < -0.4 is 0 Å². The molecule has 4 atom stereocenters. The van der Waals surface area contributed by atoms with Gasteiger partial charge in [-0.2, -0.15) is 0 Å². The first-order chi connectivity index (χ1) is 7.83. The van der Waals surface area contributed by atoms with E-state index in [4.69, 9.17) is 0 Å². The van der Waals surface area contributed by atoms with Crippen LogP contribution in [0.1, 0.15) is 64.7 Å². The standard InChI is InChI=1S/C15H27Br/c1-2-12-5-7-14(10-12)15-8-6-13(11-15)4-3-9-16/h12-15H,2-11H2,1H3. The van der Waals surface area contributed by atoms with Crippen LogP contribution >= 0.6 is 15.9 Å². The molecule has 2 saturated carbocycles. The first kappa shape index (κ1) is 12.9. The summed E-state index contributed by atoms with van der Waals surface area (Å²) in [6, 6.07) is 0. The van der Waals surface area contributed by atoms with E-state index < -0.39 is 0 Å². The number of alkyl halides is 1. The highest BCUT2D eigenvalue weighted by atomic mass is 79.9. The van der Waals surface area contributed by atoms with Crippen LogP contribution in [0.2, 0.25) is 0 Å². The van der Waals surface area contributed by atoms with E-state index in [1.807, 2.05) is 0 Å². The maximum Gasteiger partial charge on any atom is 0.00314 e. The van der Waals surface area contributed by atoms with Gasteiger partial charge in [-0.15, -0.1) is 0 Å². The fourth-order valence-corrected chi connectivity index (χ4v) is 4.41. The van der Waals surface area contributed by atoms with E-state index in [9.17, 15) is 0 Å². The summed E-state index contributed by atoms with van der Waals surface area (Å²) in [6.45, 7) is 2.38. The van der Waals surface area contributed by atoms with Crippen LogP contribution in [0.5, 0.6) is 0 Å². The molecule has 2 aliphatic rings. The largest absolute Gasteiger partial charge is 0.0928 e. The smallest absolute Gasteiger partial charge is 0.00314 e. The molecule has 94 valence electrons. The molecular weight excluding hydrogens is 260 g/mol. The van der Waals surface area contributed by atoms with E-state index >= 15 is 0 Å². The SMILES string of the molecule is CCC1CCC(C2CCC(CCCBr)C2)C1. The zero-order valence-corrected chi connectivity index (χ0v) is 12.3. The molecule has 0 bridgehead atoms. The van der Waals surface area contributed by atoms with Crippen molar-refractivity contribution in [1.29, 1.82) is 0 Å². The second-order valence-corrected chi connectivity index (χ2v) is 6.91. The van der Waals surface area contributed by atoms with Gasteiger partial charge in [0.25, 0.3) is 0 Å². The molecule has 0 radical (unpaired) electrons. The number of hydrogen-bond donors (Lipinski definition) is 0. The maximum atomic E-state index is 3.56. The van der Waals surface area contributed by atoms with Gasteiger partial charge in [-0.05, 0) is 62.2 Å². The summed E-state index contributed by atoms with van der Waals surface area (Å²) in [5.41, 5.74) is 0. The molecule has 2 aliphatic carbocycles. The molecule has 4 unspecified atom stereocenters. The third-order valence-corrected chi connectivity index (χ3v) is 5.71. The molecule has 16 heavy (non-hydrogen) atoms. The fraction of sp³-hybridized carbons (Fsp3) is 1.00. The molecule has 0 aromatic carbocycles. The van der Waals surface area contributed by atoms with E-state index in [1.54, 1.807) is 25.7 Å². The predicted molar refractivity (Wildman–Crippen MR) is 75.0 cm³/mol. The van der Waals surface area contributed by atoms with Crippen molar-refractivity contribution in [3.05, 3.63) is 0 Å². The van der Waals surface area contributed by atoms with Crippen LogP contribution in [0.3, 0.4) is 0 Å². The lowest BCUT2D eigenvalue weighted by atomic mass is 9.87. The Morgan fingerprint density at radius 3 is 2.12 bits per heavy atom. The fourth-order valence-electron chi connectivity index (χ4n) is 4.08. The Morgan fingerprint density at radius 1 is 0.938 bits per heavy atom. The summed E-state index contributed by atoms with van der Waals surface area (Å²) in [6.07, 6.45) is 13.6. The lowest BCUT2D eigenvalue weighted by Gasteiger charge is -2.18. The van der Waals surface area contributed by atoms with Crippen LogP contribution in [0, 0.1) is 23.7 Å². The number of rotatable bonds is 5. The molecule has 0 amide bonds. The van der Waals surface area contributed by atoms with E-state index in [2.05, 4.69) is 22.9 Å². The third-order valence-electron chi connectivity index (χ3n) is 5.15. The molecule has 0 aliphatic heterocycles. The van der Waals surface area contributed by atoms with Gasteiger partial charge in [0.15, 0.2) is 0 Å². The van der Waals surface area contributed by atoms with Crippen LogP contribution in [-0.4, -0.2) is 5.33 Å². The van der Waals surface area contributed by atoms with Gasteiger partial charge < -0.3 is 0 Å². The van der Waals surface area contributed by atoms with Gasteiger partial charge in [-0.3, -0.25) is 0 Å². The molecule has 0 nitrogen and oxygen atoms in total. The van der Waals surface area contributed by atoms with Gasteiger partial charge in [-0.25, -0.2) is 0 Å². The van der Waals surface area contributed by atoms with Gasteiger partial charge in [0.1, 0.15) is 0 Å². The molecule has 1 heteroatoms. The lowest BCUT2D eigenvalue weighted by Crippen LogP contribution is -2.09. The van der Waals surface area contributed by atoms with Crippen LogP contribution in [0.25, 0.3) is 0 Å². The van der Waals surface area contributed by atoms with E-state index in [1.165, 1.54) is 37.4 Å². The average molecular weight is 287 g/mol. The zero-order valence-electron chi connectivity index (χ0n) is 10.8. The van der Waals surface area contributed by atoms with E-state index in [-0.39, 0.29) is 0 Å². The Balaban J connectivity index is 1.72. The third kappa shape index (κ3) is 3.24. The predicted octanol–water partition coefficient (Wildman–Crippen LogP) is 5.40. The Labute approximate surface area is 110 Å². The molecule has 0 aromatic rings. The topological polar surface area (TPSA) is 0 Å². The summed E-state index contributed by atoms with van der Waals surface area (Å²) in [5.74, 6) is 4.37. The Hall–Kier alpha value is 0.480. The highest BCUT2D eigenvalue weighted by Crippen LogP contribution is 2.46. The van der Waals surface area contributed by atoms with Crippen molar-refractivity contribution in [2.45, 2.75) is 64.7 Å². The Bertz CT molecular complexity index is 202. The normalized spacial score (nSPS) is 39.4. The minimum absolute atomic E-state index is 1.07. The van der Waals surface area contributed by atoms with Crippen molar-refractivity contribution in [2.24, 2.45) is 23.7 Å². The van der Waals surface area contributed by atoms with Crippen LogP contribution in [0.15, 0.2) is 0 Å². The quantitative estimate of drug-likeness (QED) is 0.593. The van der Waals surface area contributed by atoms with Crippen molar-refractivity contribution >= 4 is 15.9 Å². The van der Waals surface area contributed by atoms with Crippen molar-refractivity contribution in [1.82, 2.24) is 0 Å². The molecular formula is C15H27Br. The molecule has 0 spiro atoms. The average Bonchev–Trinajstić information content (AvgIpc) is 2.94. The second kappa shape index (κ2) is 6.42. The molecule has 0 saturated heterocycles. The van der Waals surface area contributed by atoms with Gasteiger partial charge in [0, 0.05) is 5.33 Å². The van der Waals surface area contributed by atoms with Gasteiger partial charge in [0.05, 0.1) is 0 Å². The highest BCUT2D eigenvalue weighted by Gasteiger charge is 2.34. The monoisotopic (exact) mass is 286 g/mol. The van der Waals surface area contributed by atoms with Crippen LogP contribution in [0.4, 0.5) is 0 Å². The van der Waals surface area contributed by atoms with Crippen molar-refractivity contribution in [3.63, 3.8) is 0 Å². The van der Waals surface area contributed by atoms with Crippen molar-refractivity contribution in [3.8, 4) is 0 Å². The number of hydrogen-bond acceptors (Lipinski definition) is 0. The molecule has 2 rings (SSSR count). The minimum Gasteiger partial charge on any atom is -0.0928 e. The second-order valence-electron chi connectivity index (χ2n) is 6.12. The van der Waals surface area contributed by atoms with Gasteiger partial charge >= 0.3 is 0 Å². The first-order valence-corrected chi connectivity index (χ1v) is 8.51. The molecule has 2 fully saturated rings. The van der Waals surface area contributed by atoms with Crippen LogP contribution in [-0.2, 0) is 0 Å². The zero-order chi connectivity index (χ0) is 11.4. The minimum atomic E-state index is 1.07. The summed E-state index contributed by atoms with van der Waals surface area (Å²) in [4.78, 5) is 0.